The van der Waals surface area contributed by atoms with Gasteiger partial charge in [-0.2, -0.15) is 0 Å². The maximum atomic E-state index is 3.90. The summed E-state index contributed by atoms with van der Waals surface area (Å²) >= 11 is 0. The van der Waals surface area contributed by atoms with E-state index in [-0.39, 0.29) is 0 Å². The van der Waals surface area contributed by atoms with Gasteiger partial charge in [-0.25, -0.2) is 4.48 Å². The molecule has 4 aliphatic rings. The van der Waals surface area contributed by atoms with Gasteiger partial charge in [0, 0.05) is 36.8 Å². The van der Waals surface area contributed by atoms with Crippen LogP contribution < -0.4 is 9.80 Å². The molecule has 1 unspecified atom stereocenters. The maximum absolute atomic E-state index is 3.90. The van der Waals surface area contributed by atoms with Crippen molar-refractivity contribution in [3.05, 3.63) is 63.8 Å². The van der Waals surface area contributed by atoms with Crippen molar-refractivity contribution in [2.45, 2.75) is 59.8 Å². The van der Waals surface area contributed by atoms with Crippen molar-refractivity contribution in [1.82, 2.24) is 14.7 Å². The van der Waals surface area contributed by atoms with E-state index in [2.05, 4.69) is 62.2 Å². The van der Waals surface area contributed by atoms with Gasteiger partial charge in [0.1, 0.15) is 17.9 Å². The summed E-state index contributed by atoms with van der Waals surface area (Å²) in [6.07, 6.45) is 11.4. The highest BCUT2D eigenvalue weighted by atomic mass is 15.5. The Morgan fingerprint density at radius 2 is 1.90 bits per heavy atom. The molecule has 1 N–H and O–H groups in total. The zero-order chi connectivity index (χ0) is 20.2. The van der Waals surface area contributed by atoms with Gasteiger partial charge in [0.05, 0.1) is 5.57 Å². The zero-order valence-corrected chi connectivity index (χ0v) is 18.6. The quantitative estimate of drug-likeness (QED) is 0.652. The topological polar surface area (TPSA) is 15.3 Å². The number of hydrogen-bond acceptors (Lipinski definition) is 2. The van der Waals surface area contributed by atoms with Gasteiger partial charge >= 0.3 is 0 Å². The fraction of sp³-hybridized carbons (Fsp3) is 0.538. The summed E-state index contributed by atoms with van der Waals surface area (Å²) in [6.45, 7) is 13.7. The third-order valence-corrected chi connectivity index (χ3v) is 7.16. The van der Waals surface area contributed by atoms with Crippen molar-refractivity contribution in [2.24, 2.45) is 5.92 Å². The highest BCUT2D eigenvalue weighted by Crippen LogP contribution is 2.52. The molecule has 0 spiro atoms. The molecule has 5 rings (SSSR count). The Labute approximate surface area is 176 Å². The molecular weight excluding hydrogens is 354 g/mol. The Hall–Kier alpha value is -2.00. The van der Waals surface area contributed by atoms with E-state index in [1.165, 1.54) is 79.1 Å². The Bertz CT molecular complexity index is 908. The van der Waals surface area contributed by atoms with E-state index in [0.29, 0.717) is 0 Å². The zero-order valence-electron chi connectivity index (χ0n) is 18.6. The largest absolute Gasteiger partial charge is 0.366 e. The molecule has 0 saturated heterocycles. The number of rotatable bonds is 6. The minimum atomic E-state index is 0.896. The van der Waals surface area contributed by atoms with Crippen LogP contribution in [0.4, 0.5) is 5.69 Å². The molecule has 1 saturated carbocycles. The first-order chi connectivity index (χ1) is 14.1. The van der Waals surface area contributed by atoms with E-state index >= 15 is 0 Å². The number of nitrogens with zero attached hydrogens (tertiary/aromatic N) is 2. The van der Waals surface area contributed by atoms with Crippen molar-refractivity contribution in [3.8, 4) is 0 Å². The van der Waals surface area contributed by atoms with Gasteiger partial charge in [-0.3, -0.25) is 0 Å². The lowest BCUT2D eigenvalue weighted by molar-refractivity contribution is 0.329. The van der Waals surface area contributed by atoms with Crippen molar-refractivity contribution < 1.29 is 0 Å². The van der Waals surface area contributed by atoms with Crippen LogP contribution in [0.15, 0.2) is 47.1 Å². The van der Waals surface area contributed by atoms with Crippen LogP contribution in [-0.4, -0.2) is 31.1 Å². The Morgan fingerprint density at radius 1 is 1.14 bits per heavy atom. The molecule has 3 aliphatic heterocycles. The third kappa shape index (κ3) is 2.89. The van der Waals surface area contributed by atoms with Gasteiger partial charge in [-0.15, -0.1) is 0 Å². The van der Waals surface area contributed by atoms with E-state index in [0.717, 1.165) is 23.5 Å². The van der Waals surface area contributed by atoms with Crippen LogP contribution in [0.1, 0.15) is 55.7 Å². The van der Waals surface area contributed by atoms with E-state index in [1.807, 2.05) is 0 Å². The predicted molar refractivity (Wildman–Crippen MR) is 122 cm³/mol. The van der Waals surface area contributed by atoms with Crippen LogP contribution in [0.2, 0.25) is 0 Å². The normalized spacial score (nSPS) is 25.4. The molecule has 1 aromatic carbocycles. The van der Waals surface area contributed by atoms with Crippen LogP contribution in [-0.2, 0) is 0 Å². The molecule has 3 nitrogen and oxygen atoms in total. The lowest BCUT2D eigenvalue weighted by Crippen LogP contribution is -2.49. The maximum Gasteiger partial charge on any atom is 0.217 e. The highest BCUT2D eigenvalue weighted by Gasteiger charge is 2.54. The smallest absolute Gasteiger partial charge is 0.217 e. The fourth-order valence-corrected chi connectivity index (χ4v) is 6.09. The Balaban J connectivity index is 1.73. The highest BCUT2D eigenvalue weighted by molar-refractivity contribution is 5.72. The molecule has 1 aromatic rings. The first-order valence-corrected chi connectivity index (χ1v) is 11.7. The number of aryl methyl sites for hydroxylation is 3. The van der Waals surface area contributed by atoms with Gasteiger partial charge in [0.2, 0.25) is 5.82 Å². The van der Waals surface area contributed by atoms with Crippen LogP contribution >= 0.6 is 0 Å². The fourth-order valence-electron chi connectivity index (χ4n) is 6.09. The van der Waals surface area contributed by atoms with Crippen molar-refractivity contribution in [1.29, 1.82) is 0 Å². The summed E-state index contributed by atoms with van der Waals surface area (Å²) in [7, 11) is 0. The summed E-state index contributed by atoms with van der Waals surface area (Å²) in [4.78, 5) is 2.75. The van der Waals surface area contributed by atoms with Gasteiger partial charge in [0.25, 0.3) is 0 Å². The average Bonchev–Trinajstić information content (AvgIpc) is 3.32. The van der Waals surface area contributed by atoms with E-state index < -0.39 is 0 Å². The van der Waals surface area contributed by atoms with Crippen molar-refractivity contribution in [2.75, 3.05) is 26.2 Å². The summed E-state index contributed by atoms with van der Waals surface area (Å²) in [5.74, 6) is 2.38. The van der Waals surface area contributed by atoms with E-state index in [4.69, 9.17) is 0 Å². The van der Waals surface area contributed by atoms with Gasteiger partial charge in [-0.05, 0) is 64.9 Å². The monoisotopic (exact) mass is 390 g/mol. The third-order valence-electron chi connectivity index (χ3n) is 7.16. The number of hydrogen-bond donors (Lipinski definition) is 1. The number of quaternary nitrogens is 1. The first-order valence-electron chi connectivity index (χ1n) is 11.7. The number of fused-ring (bicyclic) bond motifs is 2. The lowest BCUT2D eigenvalue weighted by Gasteiger charge is -2.37. The van der Waals surface area contributed by atoms with Crippen molar-refractivity contribution >= 4 is 5.69 Å². The summed E-state index contributed by atoms with van der Waals surface area (Å²) in [5, 5.41) is 3.90. The summed E-state index contributed by atoms with van der Waals surface area (Å²) in [6, 6.07) is 4.75. The molecule has 1 fully saturated rings. The molecule has 0 radical (unpaired) electrons. The Morgan fingerprint density at radius 3 is 2.59 bits per heavy atom. The summed E-state index contributed by atoms with van der Waals surface area (Å²) < 4.78 is 0.896. The average molecular weight is 391 g/mol. The van der Waals surface area contributed by atoms with Gasteiger partial charge in [-0.1, -0.05) is 24.6 Å². The molecule has 0 aromatic heterocycles. The molecule has 1 aliphatic carbocycles. The molecule has 29 heavy (non-hydrogen) atoms. The molecular formula is C26H36N3+. The first kappa shape index (κ1) is 19.0. The standard InChI is InChI=1S/C26H36N3/c1-5-13-28(17-21-10-11-21)24-22-8-6-12-27-26(22)29(14-7-9-23(24)29)25-19(3)15-18(2)16-20(25)4/h7,9,15-16,21,27H,5-6,8,10-14,17H2,1-4H3/q+1. The molecule has 3 heteroatoms. The van der Waals surface area contributed by atoms with Gasteiger partial charge in [0.15, 0.2) is 5.70 Å². The Kier molecular flexibility index (Phi) is 4.62. The predicted octanol–water partition coefficient (Wildman–Crippen LogP) is 5.43. The molecule has 0 bridgehead atoms. The molecule has 3 heterocycles. The minimum absolute atomic E-state index is 0.896. The second-order valence-electron chi connectivity index (χ2n) is 9.62. The van der Waals surface area contributed by atoms with E-state index in [1.54, 1.807) is 11.3 Å². The number of benzene rings is 1. The summed E-state index contributed by atoms with van der Waals surface area (Å²) in [5.41, 5.74) is 10.4. The van der Waals surface area contributed by atoms with Crippen LogP contribution in [0.5, 0.6) is 0 Å². The SMILES string of the molecule is CCCN(CC1CC1)C1=C2C=CC[N+]2(c2c(C)cc(C)cc2C)C2=C1CCCN2. The molecule has 1 atom stereocenters. The van der Waals surface area contributed by atoms with Gasteiger partial charge < -0.3 is 10.2 Å². The van der Waals surface area contributed by atoms with Crippen LogP contribution in [0, 0.1) is 26.7 Å². The van der Waals surface area contributed by atoms with E-state index in [9.17, 15) is 0 Å². The molecule has 0 amide bonds. The number of nitrogens with one attached hydrogen (secondary N) is 1. The number of allylic oxidation sites excluding steroid dienone is 2. The minimum Gasteiger partial charge on any atom is -0.366 e. The lowest BCUT2D eigenvalue weighted by atomic mass is 10.0. The second-order valence-corrected chi connectivity index (χ2v) is 9.62. The van der Waals surface area contributed by atoms with Crippen LogP contribution in [0.3, 0.4) is 0 Å². The molecule has 154 valence electrons. The van der Waals surface area contributed by atoms with Crippen molar-refractivity contribution in [3.63, 3.8) is 0 Å². The second kappa shape index (κ2) is 7.05. The van der Waals surface area contributed by atoms with Crippen LogP contribution in [0.25, 0.3) is 0 Å².